The van der Waals surface area contributed by atoms with Crippen LogP contribution >= 0.6 is 0 Å². The molecular formula is C26H50N2O2. The maximum atomic E-state index is 12.8. The topological polar surface area (TPSA) is 61.4 Å². The summed E-state index contributed by atoms with van der Waals surface area (Å²) in [5.41, 5.74) is 0. The molecule has 3 atom stereocenters. The second kappa shape index (κ2) is 13.1. The average molecular weight is 423 g/mol. The Kier molecular flexibility index (Phi) is 11.2. The van der Waals surface area contributed by atoms with E-state index in [0.717, 1.165) is 18.3 Å². The molecule has 30 heavy (non-hydrogen) atoms. The monoisotopic (exact) mass is 422 g/mol. The molecule has 0 aromatic heterocycles. The molecule has 2 aliphatic carbocycles. The van der Waals surface area contributed by atoms with E-state index in [1.165, 1.54) is 57.8 Å². The van der Waals surface area contributed by atoms with Crippen LogP contribution in [0.5, 0.6) is 0 Å². The van der Waals surface area contributed by atoms with Gasteiger partial charge in [-0.1, -0.05) is 66.7 Å². The summed E-state index contributed by atoms with van der Waals surface area (Å²) in [5, 5.41) is 18.3. The summed E-state index contributed by atoms with van der Waals surface area (Å²) in [6, 6.07) is 0.641. The molecule has 0 heterocycles. The van der Waals surface area contributed by atoms with Gasteiger partial charge in [0.1, 0.15) is 0 Å². The van der Waals surface area contributed by atoms with Crippen molar-refractivity contribution in [3.63, 3.8) is 0 Å². The lowest BCUT2D eigenvalue weighted by molar-refractivity contribution is -0.127. The Balaban J connectivity index is 2.00. The Hall–Kier alpha value is -0.610. The fourth-order valence-electron chi connectivity index (χ4n) is 5.39. The van der Waals surface area contributed by atoms with Crippen LogP contribution in [0.2, 0.25) is 0 Å². The molecule has 2 fully saturated rings. The van der Waals surface area contributed by atoms with Crippen molar-refractivity contribution in [3.05, 3.63) is 0 Å². The van der Waals surface area contributed by atoms with Crippen molar-refractivity contribution >= 4 is 5.91 Å². The maximum Gasteiger partial charge on any atom is 0.223 e. The van der Waals surface area contributed by atoms with Crippen LogP contribution in [0.4, 0.5) is 0 Å². The molecule has 3 unspecified atom stereocenters. The molecule has 4 heteroatoms. The van der Waals surface area contributed by atoms with E-state index in [1.807, 2.05) is 0 Å². The van der Waals surface area contributed by atoms with Crippen LogP contribution < -0.4 is 10.6 Å². The van der Waals surface area contributed by atoms with Crippen LogP contribution in [0, 0.1) is 29.6 Å². The van der Waals surface area contributed by atoms with E-state index in [2.05, 4.69) is 45.3 Å². The molecular weight excluding hydrogens is 372 g/mol. The van der Waals surface area contributed by atoms with Crippen molar-refractivity contribution in [3.8, 4) is 0 Å². The number of nitrogens with one attached hydrogen (secondary N) is 2. The van der Waals surface area contributed by atoms with Crippen molar-refractivity contribution in [1.29, 1.82) is 0 Å². The van der Waals surface area contributed by atoms with Gasteiger partial charge in [-0.3, -0.25) is 4.79 Å². The third-order valence-electron chi connectivity index (χ3n) is 7.56. The van der Waals surface area contributed by atoms with Gasteiger partial charge in [-0.05, 0) is 62.2 Å². The number of aliphatic hydroxyl groups excluding tert-OH is 1. The van der Waals surface area contributed by atoms with Crippen molar-refractivity contribution < 1.29 is 9.90 Å². The molecule has 2 saturated carbocycles. The van der Waals surface area contributed by atoms with E-state index >= 15 is 0 Å². The summed E-state index contributed by atoms with van der Waals surface area (Å²) in [4.78, 5) is 12.8. The first-order valence-corrected chi connectivity index (χ1v) is 13.0. The lowest BCUT2D eigenvalue weighted by Gasteiger charge is -2.36. The number of carbonyl (C=O) groups excluding carboxylic acids is 1. The normalized spacial score (nSPS) is 26.5. The summed E-state index contributed by atoms with van der Waals surface area (Å²) in [5.74, 6) is 2.22. The molecule has 4 nitrogen and oxygen atoms in total. The third-order valence-corrected chi connectivity index (χ3v) is 7.56. The highest BCUT2D eigenvalue weighted by Gasteiger charge is 2.32. The first kappa shape index (κ1) is 25.6. The fourth-order valence-corrected chi connectivity index (χ4v) is 5.39. The predicted octanol–water partition coefficient (Wildman–Crippen LogP) is 5.29. The summed E-state index contributed by atoms with van der Waals surface area (Å²) in [6.07, 6.45) is 12.8. The number of amides is 1. The summed E-state index contributed by atoms with van der Waals surface area (Å²) in [7, 11) is 0. The van der Waals surface area contributed by atoms with Gasteiger partial charge < -0.3 is 15.7 Å². The van der Waals surface area contributed by atoms with E-state index in [0.29, 0.717) is 24.9 Å². The highest BCUT2D eigenvalue weighted by Crippen LogP contribution is 2.31. The minimum absolute atomic E-state index is 0.112. The van der Waals surface area contributed by atoms with E-state index in [-0.39, 0.29) is 23.8 Å². The molecule has 0 radical (unpaired) electrons. The Labute approximate surface area is 186 Å². The molecule has 0 bridgehead atoms. The molecule has 0 aromatic rings. The van der Waals surface area contributed by atoms with E-state index < -0.39 is 6.10 Å². The van der Waals surface area contributed by atoms with Gasteiger partial charge in [-0.2, -0.15) is 0 Å². The van der Waals surface area contributed by atoms with Gasteiger partial charge in [0, 0.05) is 24.5 Å². The number of rotatable bonds is 11. The minimum atomic E-state index is -0.455. The van der Waals surface area contributed by atoms with Gasteiger partial charge >= 0.3 is 0 Å². The van der Waals surface area contributed by atoms with Crippen LogP contribution in [-0.4, -0.2) is 35.7 Å². The highest BCUT2D eigenvalue weighted by molar-refractivity contribution is 5.78. The van der Waals surface area contributed by atoms with Crippen LogP contribution in [-0.2, 0) is 4.79 Å². The first-order valence-electron chi connectivity index (χ1n) is 13.0. The zero-order chi connectivity index (χ0) is 22.1. The zero-order valence-corrected chi connectivity index (χ0v) is 20.5. The predicted molar refractivity (Wildman–Crippen MR) is 126 cm³/mol. The molecule has 176 valence electrons. The largest absolute Gasteiger partial charge is 0.391 e. The smallest absolute Gasteiger partial charge is 0.223 e. The first-order chi connectivity index (χ1) is 14.3. The summed E-state index contributed by atoms with van der Waals surface area (Å²) in [6.45, 7) is 11.5. The summed E-state index contributed by atoms with van der Waals surface area (Å²) >= 11 is 0. The van der Waals surface area contributed by atoms with Gasteiger partial charge in [0.05, 0.1) is 6.10 Å². The fraction of sp³-hybridized carbons (Fsp3) is 0.962. The zero-order valence-electron chi connectivity index (χ0n) is 20.5. The van der Waals surface area contributed by atoms with Gasteiger partial charge in [-0.25, -0.2) is 0 Å². The number of aliphatic hydroxyl groups is 1. The Morgan fingerprint density at radius 3 is 2.17 bits per heavy atom. The van der Waals surface area contributed by atoms with Crippen molar-refractivity contribution in [2.45, 2.75) is 123 Å². The van der Waals surface area contributed by atoms with Crippen LogP contribution in [0.15, 0.2) is 0 Å². The molecule has 0 saturated heterocycles. The van der Waals surface area contributed by atoms with Gasteiger partial charge in [0.2, 0.25) is 5.91 Å². The molecule has 2 rings (SSSR count). The average Bonchev–Trinajstić information content (AvgIpc) is 2.71. The quantitative estimate of drug-likeness (QED) is 0.424. The van der Waals surface area contributed by atoms with Gasteiger partial charge in [0.25, 0.3) is 0 Å². The molecule has 0 spiro atoms. The van der Waals surface area contributed by atoms with E-state index in [1.54, 1.807) is 0 Å². The second-order valence-corrected chi connectivity index (χ2v) is 11.3. The Bertz CT molecular complexity index is 479. The lowest BCUT2D eigenvalue weighted by atomic mass is 9.80. The second-order valence-electron chi connectivity index (χ2n) is 11.3. The molecule has 3 N–H and O–H groups in total. The number of hydrogen-bond acceptors (Lipinski definition) is 3. The SMILES string of the molecule is CC(C)CNC(=O)C(CC(O)C(CC1CCCCC1)NC1CCC(C)CC1)C(C)C. The van der Waals surface area contributed by atoms with E-state index in [9.17, 15) is 9.90 Å². The van der Waals surface area contributed by atoms with Gasteiger partial charge in [-0.15, -0.1) is 0 Å². The molecule has 1 amide bonds. The van der Waals surface area contributed by atoms with Gasteiger partial charge in [0.15, 0.2) is 0 Å². The molecule has 0 aromatic carbocycles. The maximum absolute atomic E-state index is 12.8. The van der Waals surface area contributed by atoms with Crippen molar-refractivity contribution in [1.82, 2.24) is 10.6 Å². The lowest BCUT2D eigenvalue weighted by Crippen LogP contribution is -2.49. The Morgan fingerprint density at radius 1 is 0.967 bits per heavy atom. The van der Waals surface area contributed by atoms with Crippen molar-refractivity contribution in [2.24, 2.45) is 29.6 Å². The number of hydrogen-bond donors (Lipinski definition) is 3. The molecule has 0 aliphatic heterocycles. The van der Waals surface area contributed by atoms with E-state index in [4.69, 9.17) is 0 Å². The standard InChI is InChI=1S/C26H50N2O2/c1-18(2)17-27-26(30)23(19(3)4)16-25(29)24(15-21-9-7-6-8-10-21)28-22-13-11-20(5)12-14-22/h18-25,28-29H,6-17H2,1-5H3,(H,27,30). The van der Waals surface area contributed by atoms with Crippen LogP contribution in [0.1, 0.15) is 105 Å². The Morgan fingerprint density at radius 2 is 1.60 bits per heavy atom. The highest BCUT2D eigenvalue weighted by atomic mass is 16.3. The number of carbonyl (C=O) groups is 1. The summed E-state index contributed by atoms with van der Waals surface area (Å²) < 4.78 is 0. The van der Waals surface area contributed by atoms with Crippen LogP contribution in [0.3, 0.4) is 0 Å². The third kappa shape index (κ3) is 8.86. The van der Waals surface area contributed by atoms with Crippen molar-refractivity contribution in [2.75, 3.05) is 6.54 Å². The molecule has 2 aliphatic rings. The minimum Gasteiger partial charge on any atom is -0.391 e. The van der Waals surface area contributed by atoms with Crippen LogP contribution in [0.25, 0.3) is 0 Å².